The van der Waals surface area contributed by atoms with Crippen LogP contribution in [0.5, 0.6) is 0 Å². The number of hydrogen-bond acceptors (Lipinski definition) is 2. The summed E-state index contributed by atoms with van der Waals surface area (Å²) in [6, 6.07) is 17.8. The summed E-state index contributed by atoms with van der Waals surface area (Å²) >= 11 is 0. The van der Waals surface area contributed by atoms with E-state index in [1.807, 2.05) is 36.4 Å². The van der Waals surface area contributed by atoms with Gasteiger partial charge in [-0.1, -0.05) is 48.5 Å². The van der Waals surface area contributed by atoms with Gasteiger partial charge in [-0.25, -0.2) is 9.59 Å². The molecular formula is C20H12O4. The van der Waals surface area contributed by atoms with Gasteiger partial charge in [0.2, 0.25) is 0 Å². The molecule has 0 saturated heterocycles. The van der Waals surface area contributed by atoms with Gasteiger partial charge in [0.15, 0.2) is 0 Å². The highest BCUT2D eigenvalue weighted by atomic mass is 16.4. The molecule has 0 heterocycles. The molecule has 0 amide bonds. The highest BCUT2D eigenvalue weighted by Gasteiger charge is 2.18. The third-order valence-corrected chi connectivity index (χ3v) is 4.33. The maximum atomic E-state index is 11.8. The van der Waals surface area contributed by atoms with Crippen LogP contribution < -0.4 is 0 Å². The van der Waals surface area contributed by atoms with Crippen LogP contribution in [0.1, 0.15) is 20.7 Å². The molecule has 2 N–H and O–H groups in total. The van der Waals surface area contributed by atoms with Gasteiger partial charge in [0.25, 0.3) is 0 Å². The standard InChI is InChI=1S/C20H12O4/c21-19(22)15-7-3-5-11-8-9-14-13-6-2-1-4-12(13)10-16(20(23)24)18(14)17(11)15/h1-10H,(H,21,22)(H,23,24). The second-order valence-corrected chi connectivity index (χ2v) is 5.65. The topological polar surface area (TPSA) is 74.6 Å². The molecule has 24 heavy (non-hydrogen) atoms. The molecule has 0 saturated carbocycles. The van der Waals surface area contributed by atoms with E-state index in [-0.39, 0.29) is 11.1 Å². The maximum Gasteiger partial charge on any atom is 0.336 e. The van der Waals surface area contributed by atoms with Crippen LogP contribution in [0.3, 0.4) is 0 Å². The molecular weight excluding hydrogens is 304 g/mol. The summed E-state index contributed by atoms with van der Waals surface area (Å²) in [5.74, 6) is -2.14. The molecule has 4 aromatic carbocycles. The first-order valence-electron chi connectivity index (χ1n) is 7.41. The highest BCUT2D eigenvalue weighted by molar-refractivity contribution is 6.26. The molecule has 4 rings (SSSR count). The molecule has 0 aliphatic rings. The van der Waals surface area contributed by atoms with E-state index in [2.05, 4.69) is 0 Å². The summed E-state index contributed by atoms with van der Waals surface area (Å²) in [5.41, 5.74) is 0.221. The van der Waals surface area contributed by atoms with Crippen molar-refractivity contribution in [1.82, 2.24) is 0 Å². The number of carbonyl (C=O) groups is 2. The van der Waals surface area contributed by atoms with E-state index in [4.69, 9.17) is 0 Å². The molecule has 0 aliphatic carbocycles. The maximum absolute atomic E-state index is 11.8. The largest absolute Gasteiger partial charge is 0.478 e. The van der Waals surface area contributed by atoms with Gasteiger partial charge in [-0.2, -0.15) is 0 Å². The molecule has 4 aromatic rings. The van der Waals surface area contributed by atoms with Crippen LogP contribution in [-0.4, -0.2) is 22.2 Å². The second kappa shape index (κ2) is 5.06. The zero-order valence-electron chi connectivity index (χ0n) is 12.5. The van der Waals surface area contributed by atoms with E-state index < -0.39 is 11.9 Å². The average molecular weight is 316 g/mol. The smallest absolute Gasteiger partial charge is 0.336 e. The summed E-state index contributed by atoms with van der Waals surface area (Å²) in [7, 11) is 0. The zero-order valence-corrected chi connectivity index (χ0v) is 12.5. The summed E-state index contributed by atoms with van der Waals surface area (Å²) in [6.07, 6.45) is 0. The SMILES string of the molecule is O=C(O)c1cccc2ccc3c4ccccc4cc(C(=O)O)c3c12. The molecule has 0 fully saturated rings. The van der Waals surface area contributed by atoms with Crippen LogP contribution in [0.4, 0.5) is 0 Å². The Kier molecular flexibility index (Phi) is 3.00. The van der Waals surface area contributed by atoms with Crippen LogP contribution in [0.15, 0.2) is 60.7 Å². The van der Waals surface area contributed by atoms with E-state index in [9.17, 15) is 19.8 Å². The molecule has 116 valence electrons. The Hall–Kier alpha value is -3.40. The van der Waals surface area contributed by atoms with Gasteiger partial charge in [0, 0.05) is 10.8 Å². The molecule has 0 radical (unpaired) electrons. The fraction of sp³-hybridized carbons (Fsp3) is 0. The highest BCUT2D eigenvalue weighted by Crippen LogP contribution is 2.36. The number of aromatic carboxylic acids is 2. The molecule has 4 nitrogen and oxygen atoms in total. The van der Waals surface area contributed by atoms with Crippen LogP contribution in [0.25, 0.3) is 32.3 Å². The summed E-state index contributed by atoms with van der Waals surface area (Å²) in [5, 5.41) is 23.3. The van der Waals surface area contributed by atoms with Gasteiger partial charge in [-0.15, -0.1) is 0 Å². The molecule has 0 bridgehead atoms. The van der Waals surface area contributed by atoms with E-state index >= 15 is 0 Å². The Bertz CT molecular complexity index is 1160. The van der Waals surface area contributed by atoms with Gasteiger partial charge in [0.05, 0.1) is 11.1 Å². The number of benzene rings is 4. The lowest BCUT2D eigenvalue weighted by atomic mass is 9.91. The minimum absolute atomic E-state index is 0.107. The first-order chi connectivity index (χ1) is 11.6. The van der Waals surface area contributed by atoms with Gasteiger partial charge in [0.1, 0.15) is 0 Å². The number of carboxylic acids is 2. The van der Waals surface area contributed by atoms with Crippen molar-refractivity contribution in [3.05, 3.63) is 71.8 Å². The number of carboxylic acid groups (broad SMARTS) is 2. The van der Waals surface area contributed by atoms with Crippen molar-refractivity contribution in [3.63, 3.8) is 0 Å². The zero-order chi connectivity index (χ0) is 16.8. The molecule has 0 aromatic heterocycles. The lowest BCUT2D eigenvalue weighted by molar-refractivity contribution is 0.0687. The average Bonchev–Trinajstić information content (AvgIpc) is 2.59. The number of rotatable bonds is 2. The lowest BCUT2D eigenvalue weighted by Gasteiger charge is -2.12. The predicted octanol–water partition coefficient (Wildman–Crippen LogP) is 4.54. The van der Waals surface area contributed by atoms with Crippen LogP contribution in [0.2, 0.25) is 0 Å². The van der Waals surface area contributed by atoms with Crippen molar-refractivity contribution < 1.29 is 19.8 Å². The fourth-order valence-corrected chi connectivity index (χ4v) is 3.33. The van der Waals surface area contributed by atoms with Crippen LogP contribution in [-0.2, 0) is 0 Å². The number of fused-ring (bicyclic) bond motifs is 5. The quantitative estimate of drug-likeness (QED) is 0.532. The third kappa shape index (κ3) is 1.93. The molecule has 0 unspecified atom stereocenters. The van der Waals surface area contributed by atoms with Crippen molar-refractivity contribution in [2.45, 2.75) is 0 Å². The van der Waals surface area contributed by atoms with Crippen LogP contribution >= 0.6 is 0 Å². The van der Waals surface area contributed by atoms with Gasteiger partial charge >= 0.3 is 11.9 Å². The predicted molar refractivity (Wildman–Crippen MR) is 92.9 cm³/mol. The van der Waals surface area contributed by atoms with Gasteiger partial charge < -0.3 is 10.2 Å². The van der Waals surface area contributed by atoms with E-state index in [1.54, 1.807) is 18.2 Å². The Morgan fingerprint density at radius 2 is 1.33 bits per heavy atom. The molecule has 0 spiro atoms. The minimum atomic E-state index is -1.07. The third-order valence-electron chi connectivity index (χ3n) is 4.33. The molecule has 0 aliphatic heterocycles. The Labute approximate surface area is 136 Å². The van der Waals surface area contributed by atoms with Crippen molar-refractivity contribution in [3.8, 4) is 0 Å². The van der Waals surface area contributed by atoms with E-state index in [0.29, 0.717) is 16.2 Å². The van der Waals surface area contributed by atoms with Crippen molar-refractivity contribution in [1.29, 1.82) is 0 Å². The number of hydrogen-bond donors (Lipinski definition) is 2. The fourth-order valence-electron chi connectivity index (χ4n) is 3.33. The summed E-state index contributed by atoms with van der Waals surface area (Å²) in [6.45, 7) is 0. The Morgan fingerprint density at radius 1 is 0.625 bits per heavy atom. The monoisotopic (exact) mass is 316 g/mol. The lowest BCUT2D eigenvalue weighted by Crippen LogP contribution is -2.02. The van der Waals surface area contributed by atoms with Crippen molar-refractivity contribution in [2.24, 2.45) is 0 Å². The van der Waals surface area contributed by atoms with Crippen molar-refractivity contribution >= 4 is 44.3 Å². The minimum Gasteiger partial charge on any atom is -0.478 e. The molecule has 0 atom stereocenters. The summed E-state index contributed by atoms with van der Waals surface area (Å²) in [4.78, 5) is 23.5. The summed E-state index contributed by atoms with van der Waals surface area (Å²) < 4.78 is 0. The first kappa shape index (κ1) is 14.2. The van der Waals surface area contributed by atoms with Crippen LogP contribution in [0, 0.1) is 0 Å². The first-order valence-corrected chi connectivity index (χ1v) is 7.41. The van der Waals surface area contributed by atoms with Gasteiger partial charge in [-0.3, -0.25) is 0 Å². The second-order valence-electron chi connectivity index (χ2n) is 5.65. The molecule has 4 heteroatoms. The normalized spacial score (nSPS) is 11.2. The Balaban J connectivity index is 2.38. The van der Waals surface area contributed by atoms with E-state index in [1.165, 1.54) is 6.07 Å². The van der Waals surface area contributed by atoms with Crippen molar-refractivity contribution in [2.75, 3.05) is 0 Å². The van der Waals surface area contributed by atoms with E-state index in [0.717, 1.165) is 16.2 Å². The Morgan fingerprint density at radius 3 is 2.08 bits per heavy atom. The van der Waals surface area contributed by atoms with Gasteiger partial charge in [-0.05, 0) is 33.7 Å².